The van der Waals surface area contributed by atoms with E-state index in [1.807, 2.05) is 0 Å². The lowest BCUT2D eigenvalue weighted by atomic mass is 9.97. The lowest BCUT2D eigenvalue weighted by Gasteiger charge is -2.15. The molecule has 25 heteroatoms. The van der Waals surface area contributed by atoms with Gasteiger partial charge in [-0.15, -0.1) is 11.3 Å². The Morgan fingerprint density at radius 2 is 1.33 bits per heavy atom. The van der Waals surface area contributed by atoms with Gasteiger partial charge in [0.1, 0.15) is 10.7 Å². The Morgan fingerprint density at radius 3 is 1.84 bits per heavy atom. The number of carbonyl (C=O) groups excluding carboxylic acids is 3. The van der Waals surface area contributed by atoms with Crippen LogP contribution in [0.2, 0.25) is 0 Å². The lowest BCUT2D eigenvalue weighted by Crippen LogP contribution is -2.25. The number of benzene rings is 3. The van der Waals surface area contributed by atoms with Crippen LogP contribution >= 0.6 is 18.9 Å². The SMILES string of the molecule is CCOP(=O)(Cc1csc(CC(=O)c2nn(Cc3ccc(S(C)(=O)=O)cc3)c3cc(S(C)(=O)=O)ccc23)n1)OCC.COC(=O)C(C(=O)OC)c1ccc(S(C)(=O)=O)cc1[N+](=O)[O-]. The van der Waals surface area contributed by atoms with Crippen molar-refractivity contribution in [3.63, 3.8) is 0 Å². The van der Waals surface area contributed by atoms with Gasteiger partial charge in [0.15, 0.2) is 41.2 Å². The molecule has 340 valence electrons. The Labute approximate surface area is 367 Å². The van der Waals surface area contributed by atoms with Crippen LogP contribution in [0.25, 0.3) is 10.9 Å². The van der Waals surface area contributed by atoms with E-state index in [0.29, 0.717) is 27.2 Å². The van der Waals surface area contributed by atoms with Crippen molar-refractivity contribution in [1.29, 1.82) is 0 Å². The van der Waals surface area contributed by atoms with E-state index >= 15 is 0 Å². The second-order valence-corrected chi connectivity index (χ2v) is 22.6. The molecule has 0 aliphatic carbocycles. The first-order valence-corrected chi connectivity index (χ1v) is 26.6. The molecule has 0 unspecified atom stereocenters. The third-order valence-corrected chi connectivity index (χ3v) is 15.1. The zero-order valence-corrected chi connectivity index (χ0v) is 39.0. The minimum absolute atomic E-state index is 0.0106. The Hall–Kier alpha value is -5.23. The summed E-state index contributed by atoms with van der Waals surface area (Å²) >= 11 is 1.25. The molecule has 0 aliphatic rings. The summed E-state index contributed by atoms with van der Waals surface area (Å²) in [5.41, 5.74) is 0.799. The smallest absolute Gasteiger partial charge is 0.336 e. The van der Waals surface area contributed by atoms with Crippen molar-refractivity contribution >= 4 is 82.8 Å². The van der Waals surface area contributed by atoms with E-state index < -0.39 is 65.6 Å². The molecule has 2 aromatic heterocycles. The third kappa shape index (κ3) is 12.9. The predicted molar refractivity (Wildman–Crippen MR) is 229 cm³/mol. The number of sulfone groups is 3. The molecular formula is C38H43N4O16PS4. The van der Waals surface area contributed by atoms with E-state index in [1.54, 1.807) is 37.4 Å². The highest BCUT2D eigenvalue weighted by Gasteiger charge is 2.37. The first-order valence-electron chi connectivity index (χ1n) is 18.3. The summed E-state index contributed by atoms with van der Waals surface area (Å²) in [7, 11) is -11.9. The van der Waals surface area contributed by atoms with Gasteiger partial charge < -0.3 is 18.5 Å². The standard InChI is InChI=1S/C26H30N3O8PS3.C12H13NO8S/c1-5-36-38(31,37-6-2)16-19-17-39-25(27-19)14-24(30)26-22-12-11-21(41(4,34)35)13-23(22)29(28-26)15-18-7-9-20(10-8-18)40(3,32)33;1-20-11(14)10(12(15)21-2)8-5-4-7(22(3,18)19)6-9(8)13(16)17/h7-13,17H,5-6,14-16H2,1-4H3;4-6,10H,1-3H3. The van der Waals surface area contributed by atoms with Crippen LogP contribution in [0.1, 0.15) is 52.1 Å². The average Bonchev–Trinajstić information content (AvgIpc) is 3.80. The number of rotatable bonds is 18. The Bertz CT molecular complexity index is 2900. The first kappa shape index (κ1) is 50.4. The number of fused-ring (bicyclic) bond motifs is 1. The highest BCUT2D eigenvalue weighted by Crippen LogP contribution is 2.51. The molecule has 0 spiro atoms. The van der Waals surface area contributed by atoms with Crippen LogP contribution in [-0.2, 0) is 81.3 Å². The van der Waals surface area contributed by atoms with E-state index in [1.165, 1.54) is 40.3 Å². The second-order valence-electron chi connectivity index (χ2n) is 13.5. The van der Waals surface area contributed by atoms with Gasteiger partial charge in [0.05, 0.1) is 82.9 Å². The van der Waals surface area contributed by atoms with E-state index in [9.17, 15) is 54.3 Å². The molecule has 0 fully saturated rings. The van der Waals surface area contributed by atoms with Crippen molar-refractivity contribution in [3.8, 4) is 0 Å². The summed E-state index contributed by atoms with van der Waals surface area (Å²) in [5, 5.41) is 18.4. The maximum atomic E-state index is 13.4. The fraction of sp³-hybridized carbons (Fsp3) is 0.342. The molecule has 0 saturated carbocycles. The molecule has 0 saturated heterocycles. The number of Topliss-reactive ketones (excluding diaryl/α,β-unsaturated/α-hetero) is 1. The number of nitro groups is 1. The maximum absolute atomic E-state index is 13.4. The fourth-order valence-corrected chi connectivity index (χ4v) is 10.3. The van der Waals surface area contributed by atoms with Crippen molar-refractivity contribution < 1.29 is 67.6 Å². The number of hydrogen-bond acceptors (Lipinski definition) is 19. The molecule has 0 N–H and O–H groups in total. The summed E-state index contributed by atoms with van der Waals surface area (Å²) in [4.78, 5) is 51.5. The number of hydrogen-bond donors (Lipinski definition) is 0. The van der Waals surface area contributed by atoms with Crippen LogP contribution in [0, 0.1) is 10.1 Å². The minimum atomic E-state index is -3.69. The largest absolute Gasteiger partial charge is 0.468 e. The second kappa shape index (κ2) is 20.5. The number of aromatic nitrogens is 3. The number of methoxy groups -OCH3 is 2. The van der Waals surface area contributed by atoms with Crippen molar-refractivity contribution in [2.75, 3.05) is 46.2 Å². The topological polar surface area (TPSA) is 281 Å². The number of nitrogens with zero attached hydrogens (tertiary/aromatic N) is 4. The van der Waals surface area contributed by atoms with Crippen molar-refractivity contribution in [2.45, 2.75) is 53.6 Å². The monoisotopic (exact) mass is 970 g/mol. The van der Waals surface area contributed by atoms with Gasteiger partial charge in [-0.1, -0.05) is 12.1 Å². The fourth-order valence-electron chi connectivity index (χ4n) is 5.91. The summed E-state index contributed by atoms with van der Waals surface area (Å²) in [6.07, 6.45) is 3.02. The summed E-state index contributed by atoms with van der Waals surface area (Å²) < 4.78 is 105. The zero-order valence-electron chi connectivity index (χ0n) is 34.9. The van der Waals surface area contributed by atoms with E-state index in [0.717, 1.165) is 51.2 Å². The van der Waals surface area contributed by atoms with Crippen LogP contribution in [0.5, 0.6) is 0 Å². The molecule has 5 aromatic rings. The molecule has 0 amide bonds. The number of nitro benzene ring substituents is 1. The molecule has 0 radical (unpaired) electrons. The van der Waals surface area contributed by atoms with Gasteiger partial charge in [0.25, 0.3) is 5.69 Å². The normalized spacial score (nSPS) is 12.1. The summed E-state index contributed by atoms with van der Waals surface area (Å²) in [5.74, 6) is -4.11. The molecule has 5 rings (SSSR count). The maximum Gasteiger partial charge on any atom is 0.336 e. The van der Waals surface area contributed by atoms with Gasteiger partial charge in [0.2, 0.25) is 0 Å². The van der Waals surface area contributed by atoms with Gasteiger partial charge in [0, 0.05) is 35.6 Å². The van der Waals surface area contributed by atoms with Gasteiger partial charge >= 0.3 is 19.5 Å². The van der Waals surface area contributed by atoms with Crippen LogP contribution in [-0.4, -0.2) is 109 Å². The highest BCUT2D eigenvalue weighted by atomic mass is 32.2. The molecular weight excluding hydrogens is 928 g/mol. The van der Waals surface area contributed by atoms with E-state index in [-0.39, 0.29) is 64.1 Å². The third-order valence-electron chi connectivity index (χ3n) is 8.83. The molecule has 2 heterocycles. The number of carbonyl (C=O) groups is 3. The van der Waals surface area contributed by atoms with E-state index in [2.05, 4.69) is 19.6 Å². The molecule has 20 nitrogen and oxygen atoms in total. The van der Waals surface area contributed by atoms with E-state index in [4.69, 9.17) is 9.05 Å². The summed E-state index contributed by atoms with van der Waals surface area (Å²) in [6, 6.07) is 13.6. The Morgan fingerprint density at radius 1 is 0.810 bits per heavy atom. The van der Waals surface area contributed by atoms with Gasteiger partial charge in [-0.2, -0.15) is 5.10 Å². The zero-order chi connectivity index (χ0) is 47.1. The first-order chi connectivity index (χ1) is 29.3. The predicted octanol–water partition coefficient (Wildman–Crippen LogP) is 4.97. The quantitative estimate of drug-likeness (QED) is 0.0280. The average molecular weight is 971 g/mol. The molecule has 0 atom stereocenters. The van der Waals surface area contributed by atoms with Crippen LogP contribution < -0.4 is 0 Å². The summed E-state index contributed by atoms with van der Waals surface area (Å²) in [6.45, 7) is 4.08. The van der Waals surface area contributed by atoms with Gasteiger partial charge in [-0.05, 0) is 61.9 Å². The molecule has 0 bridgehead atoms. The Kier molecular flexibility index (Phi) is 16.4. The number of ketones is 1. The lowest BCUT2D eigenvalue weighted by molar-refractivity contribution is -0.385. The van der Waals surface area contributed by atoms with Gasteiger partial charge in [-0.25, -0.2) is 30.2 Å². The number of ether oxygens (including phenoxy) is 2. The Balaban J connectivity index is 0.000000335. The molecule has 3 aromatic carbocycles. The van der Waals surface area contributed by atoms with Crippen molar-refractivity contribution in [3.05, 3.63) is 104 Å². The van der Waals surface area contributed by atoms with Gasteiger partial charge in [-0.3, -0.25) is 33.7 Å². The van der Waals surface area contributed by atoms with Crippen LogP contribution in [0.15, 0.2) is 80.7 Å². The number of esters is 2. The number of thiazole rings is 1. The highest BCUT2D eigenvalue weighted by molar-refractivity contribution is 7.91. The molecule has 0 aliphatic heterocycles. The minimum Gasteiger partial charge on any atom is -0.468 e. The van der Waals surface area contributed by atoms with Crippen molar-refractivity contribution in [1.82, 2.24) is 14.8 Å². The van der Waals surface area contributed by atoms with Crippen LogP contribution in [0.4, 0.5) is 5.69 Å². The van der Waals surface area contributed by atoms with Crippen LogP contribution in [0.3, 0.4) is 0 Å². The van der Waals surface area contributed by atoms with Crippen molar-refractivity contribution in [2.24, 2.45) is 0 Å². The molecule has 63 heavy (non-hydrogen) atoms.